The van der Waals surface area contributed by atoms with Crippen molar-refractivity contribution >= 4 is 17.6 Å². The van der Waals surface area contributed by atoms with Gasteiger partial charge in [0.05, 0.1) is 6.04 Å². The van der Waals surface area contributed by atoms with E-state index in [0.29, 0.717) is 6.54 Å². The van der Waals surface area contributed by atoms with Gasteiger partial charge in [-0.05, 0) is 37.6 Å². The van der Waals surface area contributed by atoms with Crippen LogP contribution >= 0.6 is 0 Å². The number of nitrogens with one attached hydrogen (secondary N) is 2. The lowest BCUT2D eigenvalue weighted by Crippen LogP contribution is -2.47. The molecule has 10 nitrogen and oxygen atoms in total. The van der Waals surface area contributed by atoms with Gasteiger partial charge in [0, 0.05) is 51.3 Å². The molecule has 0 bridgehead atoms. The van der Waals surface area contributed by atoms with Crippen LogP contribution in [0.15, 0.2) is 42.9 Å². The summed E-state index contributed by atoms with van der Waals surface area (Å²) in [6.07, 6.45) is 8.13. The zero-order valence-corrected chi connectivity index (χ0v) is 18.5. The van der Waals surface area contributed by atoms with Crippen LogP contribution in [-0.2, 0) is 0 Å². The standard InChI is InChI=1S/C22H31N9O/c1-2-7-18(20-28-27-19-8-3-4-13-31(19)20)26-22(32)25-11-6-12-29-14-16-30(17-15-29)21-23-9-5-10-24-21/h3-5,8-10,13,18H,2,6-7,11-12,14-17H2,1H3,(H2,25,26,32). The Hall–Kier alpha value is -3.27. The molecule has 1 atom stereocenters. The minimum atomic E-state index is -0.175. The lowest BCUT2D eigenvalue weighted by atomic mass is 10.1. The predicted molar refractivity (Wildman–Crippen MR) is 122 cm³/mol. The number of hydrogen-bond acceptors (Lipinski definition) is 7. The quantitative estimate of drug-likeness (QED) is 0.493. The molecule has 1 saturated heterocycles. The number of carbonyl (C=O) groups is 1. The molecule has 4 rings (SSSR count). The minimum Gasteiger partial charge on any atom is -0.338 e. The van der Waals surface area contributed by atoms with Gasteiger partial charge in [0.2, 0.25) is 5.95 Å². The molecule has 170 valence electrons. The Morgan fingerprint density at radius 3 is 2.69 bits per heavy atom. The van der Waals surface area contributed by atoms with Crippen molar-refractivity contribution in [3.05, 3.63) is 48.7 Å². The molecule has 0 radical (unpaired) electrons. The van der Waals surface area contributed by atoms with Gasteiger partial charge in [0.15, 0.2) is 11.5 Å². The maximum Gasteiger partial charge on any atom is 0.315 e. The summed E-state index contributed by atoms with van der Waals surface area (Å²) in [7, 11) is 0. The average Bonchev–Trinajstić information content (AvgIpc) is 3.27. The Kier molecular flexibility index (Phi) is 7.44. The number of rotatable bonds is 9. The van der Waals surface area contributed by atoms with Crippen LogP contribution in [0.4, 0.5) is 10.7 Å². The summed E-state index contributed by atoms with van der Waals surface area (Å²) in [5.74, 6) is 1.56. The molecule has 2 N–H and O–H groups in total. The van der Waals surface area contributed by atoms with E-state index >= 15 is 0 Å². The highest BCUT2D eigenvalue weighted by molar-refractivity contribution is 5.74. The smallest absolute Gasteiger partial charge is 0.315 e. The molecule has 1 aliphatic rings. The molecular formula is C22H31N9O. The van der Waals surface area contributed by atoms with Crippen LogP contribution in [0.2, 0.25) is 0 Å². The highest BCUT2D eigenvalue weighted by Gasteiger charge is 2.20. The Labute approximate surface area is 188 Å². The summed E-state index contributed by atoms with van der Waals surface area (Å²) >= 11 is 0. The lowest BCUT2D eigenvalue weighted by molar-refractivity contribution is 0.231. The molecule has 0 saturated carbocycles. The molecule has 0 aliphatic carbocycles. The van der Waals surface area contributed by atoms with Crippen LogP contribution in [0.3, 0.4) is 0 Å². The molecule has 3 aromatic rings. The Morgan fingerprint density at radius 1 is 1.09 bits per heavy atom. The lowest BCUT2D eigenvalue weighted by Gasteiger charge is -2.34. The molecule has 10 heteroatoms. The second-order valence-corrected chi connectivity index (χ2v) is 7.96. The normalized spacial score (nSPS) is 15.6. The second kappa shape index (κ2) is 10.9. The van der Waals surface area contributed by atoms with Gasteiger partial charge >= 0.3 is 6.03 Å². The van der Waals surface area contributed by atoms with E-state index in [1.807, 2.05) is 34.9 Å². The Morgan fingerprint density at radius 2 is 1.91 bits per heavy atom. The van der Waals surface area contributed by atoms with E-state index in [9.17, 15) is 4.79 Å². The summed E-state index contributed by atoms with van der Waals surface area (Å²) in [5.41, 5.74) is 0.782. The molecule has 0 spiro atoms. The third-order valence-corrected chi connectivity index (χ3v) is 5.68. The van der Waals surface area contributed by atoms with E-state index in [4.69, 9.17) is 0 Å². The first kappa shape index (κ1) is 21.9. The largest absolute Gasteiger partial charge is 0.338 e. The van der Waals surface area contributed by atoms with E-state index in [0.717, 1.165) is 69.4 Å². The van der Waals surface area contributed by atoms with E-state index in [-0.39, 0.29) is 12.1 Å². The fourth-order valence-corrected chi connectivity index (χ4v) is 3.99. The van der Waals surface area contributed by atoms with Crippen LogP contribution in [0.25, 0.3) is 5.65 Å². The van der Waals surface area contributed by atoms with E-state index in [1.165, 1.54) is 0 Å². The van der Waals surface area contributed by atoms with Crippen molar-refractivity contribution in [3.8, 4) is 0 Å². The van der Waals surface area contributed by atoms with Crippen molar-refractivity contribution in [3.63, 3.8) is 0 Å². The van der Waals surface area contributed by atoms with Crippen LogP contribution in [-0.4, -0.2) is 74.8 Å². The maximum absolute atomic E-state index is 12.5. The van der Waals surface area contributed by atoms with Crippen molar-refractivity contribution in [2.75, 3.05) is 44.2 Å². The number of amides is 2. The summed E-state index contributed by atoms with van der Waals surface area (Å²) < 4.78 is 1.93. The first-order valence-electron chi connectivity index (χ1n) is 11.3. The van der Waals surface area contributed by atoms with Gasteiger partial charge < -0.3 is 15.5 Å². The van der Waals surface area contributed by atoms with Crippen LogP contribution in [0, 0.1) is 0 Å². The zero-order chi connectivity index (χ0) is 22.2. The molecule has 1 unspecified atom stereocenters. The van der Waals surface area contributed by atoms with Gasteiger partial charge in [0.25, 0.3) is 0 Å². The van der Waals surface area contributed by atoms with Gasteiger partial charge in [0.1, 0.15) is 0 Å². The molecule has 1 fully saturated rings. The van der Waals surface area contributed by atoms with E-state index < -0.39 is 0 Å². The van der Waals surface area contributed by atoms with Gasteiger partial charge in [-0.2, -0.15) is 0 Å². The van der Waals surface area contributed by atoms with Gasteiger partial charge in [-0.3, -0.25) is 9.30 Å². The molecule has 0 aromatic carbocycles. The zero-order valence-electron chi connectivity index (χ0n) is 18.5. The number of hydrogen-bond donors (Lipinski definition) is 2. The number of pyridine rings is 1. The van der Waals surface area contributed by atoms with Crippen molar-refractivity contribution in [2.24, 2.45) is 0 Å². The Balaban J connectivity index is 1.19. The second-order valence-electron chi connectivity index (χ2n) is 7.96. The van der Waals surface area contributed by atoms with Crippen LogP contribution in [0.1, 0.15) is 38.1 Å². The highest BCUT2D eigenvalue weighted by Crippen LogP contribution is 2.17. The minimum absolute atomic E-state index is 0.165. The number of carbonyl (C=O) groups excluding carboxylic acids is 1. The topological polar surface area (TPSA) is 104 Å². The summed E-state index contributed by atoms with van der Waals surface area (Å²) in [5, 5.41) is 14.6. The molecule has 4 heterocycles. The molecule has 3 aromatic heterocycles. The van der Waals surface area contributed by atoms with Crippen molar-refractivity contribution < 1.29 is 4.79 Å². The monoisotopic (exact) mass is 437 g/mol. The first-order valence-corrected chi connectivity index (χ1v) is 11.3. The number of nitrogens with zero attached hydrogens (tertiary/aromatic N) is 7. The average molecular weight is 438 g/mol. The SMILES string of the molecule is CCCC(NC(=O)NCCCN1CCN(c2ncccn2)CC1)c1nnc2ccccn12. The number of urea groups is 1. The van der Waals surface area contributed by atoms with Crippen molar-refractivity contribution in [1.82, 2.24) is 40.1 Å². The number of fused-ring (bicyclic) bond motifs is 1. The summed E-state index contributed by atoms with van der Waals surface area (Å²) in [6.45, 7) is 7.47. The van der Waals surface area contributed by atoms with Gasteiger partial charge in [-0.25, -0.2) is 14.8 Å². The Bertz CT molecular complexity index is 985. The number of piperazine rings is 1. The van der Waals surface area contributed by atoms with Crippen molar-refractivity contribution in [2.45, 2.75) is 32.2 Å². The molecule has 1 aliphatic heterocycles. The molecular weight excluding hydrogens is 406 g/mol. The fourth-order valence-electron chi connectivity index (χ4n) is 3.99. The maximum atomic E-state index is 12.5. The van der Waals surface area contributed by atoms with Gasteiger partial charge in [-0.1, -0.05) is 19.4 Å². The third-order valence-electron chi connectivity index (χ3n) is 5.68. The summed E-state index contributed by atoms with van der Waals surface area (Å²) in [6, 6.07) is 7.27. The van der Waals surface area contributed by atoms with E-state index in [1.54, 1.807) is 12.4 Å². The van der Waals surface area contributed by atoms with E-state index in [2.05, 4.69) is 47.5 Å². The van der Waals surface area contributed by atoms with Crippen LogP contribution < -0.4 is 15.5 Å². The fraction of sp³-hybridized carbons (Fsp3) is 0.500. The highest BCUT2D eigenvalue weighted by atomic mass is 16.2. The number of aromatic nitrogens is 5. The van der Waals surface area contributed by atoms with Gasteiger partial charge in [-0.15, -0.1) is 10.2 Å². The first-order chi connectivity index (χ1) is 15.7. The van der Waals surface area contributed by atoms with Crippen LogP contribution in [0.5, 0.6) is 0 Å². The summed E-state index contributed by atoms with van der Waals surface area (Å²) in [4.78, 5) is 25.8. The third kappa shape index (κ3) is 5.50. The predicted octanol–water partition coefficient (Wildman–Crippen LogP) is 1.87. The molecule has 32 heavy (non-hydrogen) atoms. The number of anilines is 1. The van der Waals surface area contributed by atoms with Crippen molar-refractivity contribution in [1.29, 1.82) is 0 Å². The molecule has 2 amide bonds.